The van der Waals surface area contributed by atoms with Gasteiger partial charge in [-0.3, -0.25) is 14.5 Å². The Morgan fingerprint density at radius 2 is 1.80 bits per heavy atom. The minimum atomic E-state index is -0.497. The molecule has 110 valence electrons. The zero-order valence-electron chi connectivity index (χ0n) is 11.0. The first-order chi connectivity index (χ1) is 9.33. The van der Waals surface area contributed by atoms with Crippen LogP contribution in [0.5, 0.6) is 0 Å². The molecule has 1 rings (SSSR count). The number of anilines is 2. The highest BCUT2D eigenvalue weighted by Gasteiger charge is 2.14. The third kappa shape index (κ3) is 4.88. The molecule has 5 N–H and O–H groups in total. The van der Waals surface area contributed by atoms with Crippen LogP contribution in [0.2, 0.25) is 10.0 Å². The monoisotopic (exact) mass is 318 g/mol. The van der Waals surface area contributed by atoms with Crippen molar-refractivity contribution in [3.8, 4) is 0 Å². The van der Waals surface area contributed by atoms with E-state index >= 15 is 0 Å². The van der Waals surface area contributed by atoms with Crippen molar-refractivity contribution in [2.45, 2.75) is 6.92 Å². The molecule has 1 aromatic rings. The maximum Gasteiger partial charge on any atom is 0.238 e. The zero-order valence-corrected chi connectivity index (χ0v) is 12.5. The Kier molecular flexibility index (Phi) is 6.06. The van der Waals surface area contributed by atoms with Crippen molar-refractivity contribution in [1.82, 2.24) is 4.90 Å². The maximum atomic E-state index is 11.9. The second kappa shape index (κ2) is 7.33. The first kappa shape index (κ1) is 16.6. The summed E-state index contributed by atoms with van der Waals surface area (Å²) in [5.41, 5.74) is 11.4. The van der Waals surface area contributed by atoms with Gasteiger partial charge in [0.2, 0.25) is 11.8 Å². The van der Waals surface area contributed by atoms with E-state index in [2.05, 4.69) is 5.32 Å². The molecule has 6 nitrogen and oxygen atoms in total. The number of nitrogens with one attached hydrogen (secondary N) is 1. The van der Waals surface area contributed by atoms with Gasteiger partial charge in [-0.15, -0.1) is 0 Å². The SMILES string of the molecule is CCN(CC(N)=O)CC(=O)Nc1c(Cl)cc(N)cc1Cl. The summed E-state index contributed by atoms with van der Waals surface area (Å²) in [6.07, 6.45) is 0. The van der Waals surface area contributed by atoms with Crippen LogP contribution in [0.1, 0.15) is 6.92 Å². The molecule has 8 heteroatoms. The number of amides is 2. The molecule has 20 heavy (non-hydrogen) atoms. The standard InChI is InChI=1S/C12H16Cl2N4O2/c1-2-18(5-10(16)19)6-11(20)17-12-8(13)3-7(15)4-9(12)14/h3-4H,2,5-6,15H2,1H3,(H2,16,19)(H,17,20). The van der Waals surface area contributed by atoms with E-state index in [0.29, 0.717) is 17.9 Å². The van der Waals surface area contributed by atoms with E-state index in [1.165, 1.54) is 12.1 Å². The Morgan fingerprint density at radius 3 is 2.25 bits per heavy atom. The molecule has 0 aliphatic heterocycles. The van der Waals surface area contributed by atoms with Gasteiger partial charge in [-0.2, -0.15) is 0 Å². The number of nitrogen functional groups attached to an aromatic ring is 1. The summed E-state index contributed by atoms with van der Waals surface area (Å²) in [7, 11) is 0. The van der Waals surface area contributed by atoms with Crippen molar-refractivity contribution in [2.24, 2.45) is 5.73 Å². The Labute approximate surface area is 127 Å². The number of halogens is 2. The van der Waals surface area contributed by atoms with Gasteiger partial charge < -0.3 is 16.8 Å². The maximum absolute atomic E-state index is 11.9. The van der Waals surface area contributed by atoms with Crippen LogP contribution in [0.3, 0.4) is 0 Å². The molecule has 0 aliphatic carbocycles. The lowest BCUT2D eigenvalue weighted by molar-refractivity contribution is -0.121. The number of hydrogen-bond acceptors (Lipinski definition) is 4. The summed E-state index contributed by atoms with van der Waals surface area (Å²) in [5, 5.41) is 3.09. The smallest absolute Gasteiger partial charge is 0.238 e. The predicted molar refractivity (Wildman–Crippen MR) is 80.8 cm³/mol. The number of nitrogens with zero attached hydrogens (tertiary/aromatic N) is 1. The highest BCUT2D eigenvalue weighted by atomic mass is 35.5. The van der Waals surface area contributed by atoms with Crippen molar-refractivity contribution in [3.63, 3.8) is 0 Å². The fourth-order valence-corrected chi connectivity index (χ4v) is 2.19. The van der Waals surface area contributed by atoms with Crippen LogP contribution in [0.15, 0.2) is 12.1 Å². The highest BCUT2D eigenvalue weighted by Crippen LogP contribution is 2.32. The van der Waals surface area contributed by atoms with Crippen LogP contribution in [0, 0.1) is 0 Å². The topological polar surface area (TPSA) is 101 Å². The van der Waals surface area contributed by atoms with Crippen molar-refractivity contribution >= 4 is 46.4 Å². The molecular weight excluding hydrogens is 303 g/mol. The summed E-state index contributed by atoms with van der Waals surface area (Å²) < 4.78 is 0. The van der Waals surface area contributed by atoms with Crippen molar-refractivity contribution in [2.75, 3.05) is 30.7 Å². The molecule has 0 bridgehead atoms. The lowest BCUT2D eigenvalue weighted by Gasteiger charge is -2.18. The van der Waals surface area contributed by atoms with Gasteiger partial charge in [-0.1, -0.05) is 30.1 Å². The number of carbonyl (C=O) groups excluding carboxylic acids is 2. The van der Waals surface area contributed by atoms with E-state index < -0.39 is 5.91 Å². The van der Waals surface area contributed by atoms with Crippen LogP contribution in [-0.4, -0.2) is 36.3 Å². The summed E-state index contributed by atoms with van der Waals surface area (Å²) in [6.45, 7) is 2.35. The number of likely N-dealkylation sites (N-methyl/N-ethyl adjacent to an activating group) is 1. The Bertz CT molecular complexity index is 499. The fourth-order valence-electron chi connectivity index (χ4n) is 1.59. The molecule has 0 heterocycles. The van der Waals surface area contributed by atoms with Crippen LogP contribution in [0.25, 0.3) is 0 Å². The summed E-state index contributed by atoms with van der Waals surface area (Å²) in [6, 6.07) is 2.98. The fraction of sp³-hybridized carbons (Fsp3) is 0.333. The van der Waals surface area contributed by atoms with Gasteiger partial charge in [0.25, 0.3) is 0 Å². The van der Waals surface area contributed by atoms with Crippen molar-refractivity contribution in [1.29, 1.82) is 0 Å². The largest absolute Gasteiger partial charge is 0.399 e. The number of carbonyl (C=O) groups is 2. The van der Waals surface area contributed by atoms with Gasteiger partial charge >= 0.3 is 0 Å². The number of nitrogens with two attached hydrogens (primary N) is 2. The van der Waals surface area contributed by atoms with Crippen LogP contribution in [-0.2, 0) is 9.59 Å². The molecule has 0 fully saturated rings. The van der Waals surface area contributed by atoms with E-state index in [0.717, 1.165) is 0 Å². The quantitative estimate of drug-likeness (QED) is 0.688. The van der Waals surface area contributed by atoms with Crippen molar-refractivity contribution < 1.29 is 9.59 Å². The van der Waals surface area contributed by atoms with Crippen LogP contribution in [0.4, 0.5) is 11.4 Å². The second-order valence-corrected chi connectivity index (χ2v) is 4.99. The Morgan fingerprint density at radius 1 is 1.25 bits per heavy atom. The molecular formula is C12H16Cl2N4O2. The third-order valence-corrected chi connectivity index (χ3v) is 3.12. The normalized spacial score (nSPS) is 10.6. The number of primary amides is 1. The minimum Gasteiger partial charge on any atom is -0.399 e. The molecule has 0 unspecified atom stereocenters. The Balaban J connectivity index is 2.73. The van der Waals surface area contributed by atoms with Gasteiger partial charge in [0.1, 0.15) is 0 Å². The number of hydrogen-bond donors (Lipinski definition) is 3. The molecule has 0 spiro atoms. The van der Waals surface area contributed by atoms with Crippen LogP contribution < -0.4 is 16.8 Å². The number of benzene rings is 1. The molecule has 1 aromatic carbocycles. The summed E-state index contributed by atoms with van der Waals surface area (Å²) in [5.74, 6) is -0.843. The third-order valence-electron chi connectivity index (χ3n) is 2.52. The molecule has 0 aliphatic rings. The molecule has 0 atom stereocenters. The van der Waals surface area contributed by atoms with E-state index in [-0.39, 0.29) is 29.0 Å². The predicted octanol–water partition coefficient (Wildman–Crippen LogP) is 1.32. The van der Waals surface area contributed by atoms with E-state index in [1.54, 1.807) is 4.90 Å². The Hall–Kier alpha value is -1.50. The van der Waals surface area contributed by atoms with Gasteiger partial charge in [-0.05, 0) is 18.7 Å². The van der Waals surface area contributed by atoms with Gasteiger partial charge in [0.05, 0.1) is 28.8 Å². The second-order valence-electron chi connectivity index (χ2n) is 4.18. The minimum absolute atomic E-state index is 0.00707. The van der Waals surface area contributed by atoms with E-state index in [4.69, 9.17) is 34.7 Å². The average molecular weight is 319 g/mol. The highest BCUT2D eigenvalue weighted by molar-refractivity contribution is 6.40. The van der Waals surface area contributed by atoms with Gasteiger partial charge in [0.15, 0.2) is 0 Å². The lowest BCUT2D eigenvalue weighted by atomic mass is 10.2. The average Bonchev–Trinajstić information content (AvgIpc) is 2.32. The molecule has 0 radical (unpaired) electrons. The first-order valence-corrected chi connectivity index (χ1v) is 6.64. The first-order valence-electron chi connectivity index (χ1n) is 5.88. The van der Waals surface area contributed by atoms with E-state index in [1.807, 2.05) is 6.92 Å². The summed E-state index contributed by atoms with van der Waals surface area (Å²) >= 11 is 11.9. The molecule has 0 saturated heterocycles. The lowest BCUT2D eigenvalue weighted by Crippen LogP contribution is -2.39. The summed E-state index contributed by atoms with van der Waals surface area (Å²) in [4.78, 5) is 24.3. The van der Waals surface area contributed by atoms with Crippen molar-refractivity contribution in [3.05, 3.63) is 22.2 Å². The molecule has 2 amide bonds. The molecule has 0 saturated carbocycles. The van der Waals surface area contributed by atoms with Crippen LogP contribution >= 0.6 is 23.2 Å². The zero-order chi connectivity index (χ0) is 15.3. The van der Waals surface area contributed by atoms with Gasteiger partial charge in [0, 0.05) is 5.69 Å². The van der Waals surface area contributed by atoms with E-state index in [9.17, 15) is 9.59 Å². The van der Waals surface area contributed by atoms with Gasteiger partial charge in [-0.25, -0.2) is 0 Å². The molecule has 0 aromatic heterocycles. The number of rotatable bonds is 6.